The van der Waals surface area contributed by atoms with Crippen molar-refractivity contribution in [1.82, 2.24) is 19.1 Å². The lowest BCUT2D eigenvalue weighted by molar-refractivity contribution is -0.113. The molecule has 9 nitrogen and oxygen atoms in total. The highest BCUT2D eigenvalue weighted by Gasteiger charge is 2.17. The maximum absolute atomic E-state index is 12.2. The molecule has 2 aromatic carbocycles. The Morgan fingerprint density at radius 2 is 1.79 bits per heavy atom. The van der Waals surface area contributed by atoms with Gasteiger partial charge in [-0.05, 0) is 36.4 Å². The summed E-state index contributed by atoms with van der Waals surface area (Å²) >= 11 is 1.09. The number of nitrogens with one attached hydrogen (secondary N) is 2. The SMILES string of the molecule is CN(C)S(=O)(=O)c1ccc(NC(=O)CSc2nn(-c3ccccc3)c(=O)[nH]2)cc1. The number of benzene rings is 2. The number of hydrogen-bond acceptors (Lipinski definition) is 6. The van der Waals surface area contributed by atoms with E-state index in [-0.39, 0.29) is 16.6 Å². The van der Waals surface area contributed by atoms with E-state index in [1.165, 1.54) is 43.0 Å². The Hall–Kier alpha value is -2.89. The van der Waals surface area contributed by atoms with Crippen LogP contribution >= 0.6 is 11.8 Å². The van der Waals surface area contributed by atoms with Crippen molar-refractivity contribution < 1.29 is 13.2 Å². The molecular formula is C18H19N5O4S2. The van der Waals surface area contributed by atoms with Crippen molar-refractivity contribution in [3.8, 4) is 5.69 Å². The van der Waals surface area contributed by atoms with Crippen LogP contribution in [0.3, 0.4) is 0 Å². The second kappa shape index (κ2) is 8.64. The molecule has 152 valence electrons. The van der Waals surface area contributed by atoms with Crippen LogP contribution in [-0.2, 0) is 14.8 Å². The predicted molar refractivity (Wildman–Crippen MR) is 111 cm³/mol. The van der Waals surface area contributed by atoms with Gasteiger partial charge in [-0.25, -0.2) is 17.5 Å². The van der Waals surface area contributed by atoms with Crippen molar-refractivity contribution in [2.45, 2.75) is 10.1 Å². The summed E-state index contributed by atoms with van der Waals surface area (Å²) in [5, 5.41) is 7.17. The molecule has 0 bridgehead atoms. The van der Waals surface area contributed by atoms with Gasteiger partial charge in [0.05, 0.1) is 16.3 Å². The summed E-state index contributed by atoms with van der Waals surface area (Å²) in [5.74, 6) is -0.284. The molecule has 3 rings (SSSR count). The first-order valence-corrected chi connectivity index (χ1v) is 10.9. The first-order chi connectivity index (χ1) is 13.8. The van der Waals surface area contributed by atoms with Gasteiger partial charge in [-0.2, -0.15) is 4.68 Å². The van der Waals surface area contributed by atoms with Crippen molar-refractivity contribution in [3.05, 3.63) is 65.1 Å². The first-order valence-electron chi connectivity index (χ1n) is 8.47. The number of anilines is 1. The lowest BCUT2D eigenvalue weighted by atomic mass is 10.3. The highest BCUT2D eigenvalue weighted by molar-refractivity contribution is 7.99. The summed E-state index contributed by atoms with van der Waals surface area (Å²) in [6.07, 6.45) is 0. The van der Waals surface area contributed by atoms with E-state index in [0.717, 1.165) is 16.1 Å². The van der Waals surface area contributed by atoms with Gasteiger partial charge in [-0.3, -0.25) is 9.78 Å². The van der Waals surface area contributed by atoms with E-state index >= 15 is 0 Å². The van der Waals surface area contributed by atoms with Crippen LogP contribution in [0, 0.1) is 0 Å². The van der Waals surface area contributed by atoms with Gasteiger partial charge in [-0.15, -0.1) is 5.10 Å². The topological polar surface area (TPSA) is 117 Å². The number of para-hydroxylation sites is 1. The van der Waals surface area contributed by atoms with Crippen LogP contribution in [-0.4, -0.2) is 53.2 Å². The maximum atomic E-state index is 12.2. The fourth-order valence-corrected chi connectivity index (χ4v) is 3.91. The van der Waals surface area contributed by atoms with Crippen LogP contribution in [0.5, 0.6) is 0 Å². The van der Waals surface area contributed by atoms with E-state index in [9.17, 15) is 18.0 Å². The molecule has 2 N–H and O–H groups in total. The third kappa shape index (κ3) is 4.94. The molecular weight excluding hydrogens is 414 g/mol. The number of nitrogens with zero attached hydrogens (tertiary/aromatic N) is 3. The Kier molecular flexibility index (Phi) is 6.20. The van der Waals surface area contributed by atoms with Crippen LogP contribution in [0.15, 0.2) is 69.4 Å². The molecule has 1 heterocycles. The van der Waals surface area contributed by atoms with Gasteiger partial charge in [0.1, 0.15) is 0 Å². The van der Waals surface area contributed by atoms with E-state index in [4.69, 9.17) is 0 Å². The lowest BCUT2D eigenvalue weighted by Gasteiger charge is -2.11. The fourth-order valence-electron chi connectivity index (χ4n) is 2.37. The van der Waals surface area contributed by atoms with Gasteiger partial charge in [0, 0.05) is 19.8 Å². The quantitative estimate of drug-likeness (QED) is 0.546. The molecule has 0 radical (unpaired) electrons. The molecule has 0 unspecified atom stereocenters. The fraction of sp³-hybridized carbons (Fsp3) is 0.167. The van der Waals surface area contributed by atoms with Crippen LogP contribution < -0.4 is 11.0 Å². The van der Waals surface area contributed by atoms with E-state index in [1.807, 2.05) is 6.07 Å². The summed E-state index contributed by atoms with van der Waals surface area (Å²) in [6.45, 7) is 0. The van der Waals surface area contributed by atoms with Crippen LogP contribution in [0.25, 0.3) is 5.69 Å². The Balaban J connectivity index is 1.60. The van der Waals surface area contributed by atoms with E-state index in [0.29, 0.717) is 16.5 Å². The number of carbonyl (C=O) groups is 1. The zero-order valence-corrected chi connectivity index (χ0v) is 17.3. The summed E-state index contributed by atoms with van der Waals surface area (Å²) in [4.78, 5) is 26.9. The second-order valence-electron chi connectivity index (χ2n) is 6.13. The molecule has 1 aromatic heterocycles. The van der Waals surface area contributed by atoms with Crippen LogP contribution in [0.4, 0.5) is 5.69 Å². The minimum atomic E-state index is -3.52. The molecule has 0 atom stereocenters. The minimum absolute atomic E-state index is 0.0273. The number of rotatable bonds is 7. The monoisotopic (exact) mass is 433 g/mol. The third-order valence-corrected chi connectivity index (χ3v) is 6.55. The Bertz CT molecular complexity index is 1150. The van der Waals surface area contributed by atoms with Crippen LogP contribution in [0.2, 0.25) is 0 Å². The van der Waals surface area contributed by atoms with Gasteiger partial charge in [0.2, 0.25) is 15.9 Å². The molecule has 0 aliphatic heterocycles. The first kappa shape index (κ1) is 20.8. The van der Waals surface area contributed by atoms with E-state index < -0.39 is 15.7 Å². The zero-order chi connectivity index (χ0) is 21.0. The molecule has 0 saturated heterocycles. The number of hydrogen-bond donors (Lipinski definition) is 2. The second-order valence-corrected chi connectivity index (χ2v) is 9.25. The summed E-state index contributed by atoms with van der Waals surface area (Å²) < 4.78 is 26.5. The summed E-state index contributed by atoms with van der Waals surface area (Å²) in [6, 6.07) is 14.8. The van der Waals surface area contributed by atoms with E-state index in [2.05, 4.69) is 15.4 Å². The summed E-state index contributed by atoms with van der Waals surface area (Å²) in [7, 11) is -0.621. The number of amides is 1. The lowest BCUT2D eigenvalue weighted by Crippen LogP contribution is -2.22. The maximum Gasteiger partial charge on any atom is 0.348 e. The molecule has 0 spiro atoms. The predicted octanol–water partition coefficient (Wildman–Crippen LogP) is 1.54. The number of carbonyl (C=O) groups excluding carboxylic acids is 1. The Labute approximate surface area is 171 Å². The third-order valence-electron chi connectivity index (χ3n) is 3.85. The molecule has 29 heavy (non-hydrogen) atoms. The van der Waals surface area contributed by atoms with Gasteiger partial charge in [0.15, 0.2) is 5.16 Å². The van der Waals surface area contributed by atoms with E-state index in [1.54, 1.807) is 24.3 Å². The number of thioether (sulfide) groups is 1. The highest BCUT2D eigenvalue weighted by Crippen LogP contribution is 2.18. The van der Waals surface area contributed by atoms with Gasteiger partial charge >= 0.3 is 5.69 Å². The Morgan fingerprint density at radius 1 is 1.14 bits per heavy atom. The molecule has 0 aliphatic rings. The standard InChI is InChI=1S/C18H19N5O4S2/c1-22(2)29(26,27)15-10-8-13(9-11-15)19-16(24)12-28-17-20-18(25)23(21-17)14-6-4-3-5-7-14/h3-11H,12H2,1-2H3,(H,19,24)(H,20,21,25). The van der Waals surface area contributed by atoms with Gasteiger partial charge in [-0.1, -0.05) is 30.0 Å². The Morgan fingerprint density at radius 3 is 2.41 bits per heavy atom. The summed E-state index contributed by atoms with van der Waals surface area (Å²) in [5.41, 5.74) is 0.700. The number of aromatic nitrogens is 3. The number of aromatic amines is 1. The minimum Gasteiger partial charge on any atom is -0.325 e. The van der Waals surface area contributed by atoms with Crippen molar-refractivity contribution in [3.63, 3.8) is 0 Å². The number of sulfonamides is 1. The molecule has 11 heteroatoms. The van der Waals surface area contributed by atoms with Crippen molar-refractivity contribution in [2.24, 2.45) is 0 Å². The van der Waals surface area contributed by atoms with Gasteiger partial charge in [0.25, 0.3) is 0 Å². The average Bonchev–Trinajstić information content (AvgIpc) is 3.08. The smallest absolute Gasteiger partial charge is 0.325 e. The largest absolute Gasteiger partial charge is 0.348 e. The number of H-pyrrole nitrogens is 1. The van der Waals surface area contributed by atoms with Crippen molar-refractivity contribution in [2.75, 3.05) is 25.2 Å². The van der Waals surface area contributed by atoms with Crippen molar-refractivity contribution >= 4 is 33.4 Å². The van der Waals surface area contributed by atoms with Crippen LogP contribution in [0.1, 0.15) is 0 Å². The molecule has 0 saturated carbocycles. The highest BCUT2D eigenvalue weighted by atomic mass is 32.2. The van der Waals surface area contributed by atoms with Gasteiger partial charge < -0.3 is 5.32 Å². The molecule has 0 fully saturated rings. The average molecular weight is 434 g/mol. The molecule has 0 aliphatic carbocycles. The normalized spacial score (nSPS) is 11.6. The molecule has 1 amide bonds. The zero-order valence-electron chi connectivity index (χ0n) is 15.7. The van der Waals surface area contributed by atoms with Crippen molar-refractivity contribution in [1.29, 1.82) is 0 Å². The molecule has 3 aromatic rings.